The van der Waals surface area contributed by atoms with Crippen molar-refractivity contribution in [3.05, 3.63) is 57.4 Å². The molecule has 0 radical (unpaired) electrons. The predicted octanol–water partition coefficient (Wildman–Crippen LogP) is 4.44. The number of Topliss-reactive ketones (excluding diaryl/α,β-unsaturated/α-hetero) is 1. The number of ketones is 1. The lowest BCUT2D eigenvalue weighted by Crippen LogP contribution is -2.43. The summed E-state index contributed by atoms with van der Waals surface area (Å²) in [6, 6.07) is 7.11. The molecule has 0 amide bonds. The summed E-state index contributed by atoms with van der Waals surface area (Å²) in [5.41, 5.74) is 3.02. The molecule has 2 aliphatic carbocycles. The van der Waals surface area contributed by atoms with Crippen LogP contribution in [-0.2, 0) is 23.9 Å². The minimum absolute atomic E-state index is 0.103. The fourth-order valence-corrected chi connectivity index (χ4v) is 5.29. The van der Waals surface area contributed by atoms with Gasteiger partial charge in [-0.25, -0.2) is 4.79 Å². The van der Waals surface area contributed by atoms with Crippen LogP contribution in [-0.4, -0.2) is 30.9 Å². The first kappa shape index (κ1) is 22.6. The van der Waals surface area contributed by atoms with Gasteiger partial charge in [-0.3, -0.25) is 9.59 Å². The van der Waals surface area contributed by atoms with Crippen molar-refractivity contribution >= 4 is 29.3 Å². The quantitative estimate of drug-likeness (QED) is 0.531. The maximum atomic E-state index is 13.6. The molecule has 3 atom stereocenters. The molecule has 3 aliphatic rings. The predicted molar refractivity (Wildman–Crippen MR) is 120 cm³/mol. The zero-order valence-electron chi connectivity index (χ0n) is 18.6. The molecule has 0 saturated heterocycles. The van der Waals surface area contributed by atoms with Crippen LogP contribution in [0, 0.1) is 11.8 Å². The Morgan fingerprint density at radius 1 is 1.12 bits per heavy atom. The maximum Gasteiger partial charge on any atom is 0.337 e. The lowest BCUT2D eigenvalue weighted by atomic mass is 9.69. The van der Waals surface area contributed by atoms with Gasteiger partial charge in [0.05, 0.1) is 12.7 Å². The third kappa shape index (κ3) is 4.08. The summed E-state index contributed by atoms with van der Waals surface area (Å²) in [5, 5.41) is 3.84. The maximum absolute atomic E-state index is 13.6. The van der Waals surface area contributed by atoms with Gasteiger partial charge in [-0.1, -0.05) is 30.7 Å². The van der Waals surface area contributed by atoms with Crippen LogP contribution in [0.2, 0.25) is 5.02 Å². The second-order valence-electron chi connectivity index (χ2n) is 8.90. The summed E-state index contributed by atoms with van der Waals surface area (Å²) in [6.45, 7) is 3.70. The molecule has 1 saturated carbocycles. The average molecular weight is 458 g/mol. The Balaban J connectivity index is 1.79. The molecule has 1 aromatic rings. The van der Waals surface area contributed by atoms with Crippen molar-refractivity contribution in [2.24, 2.45) is 11.8 Å². The smallest absolute Gasteiger partial charge is 0.337 e. The molecule has 4 rings (SSSR count). The topological polar surface area (TPSA) is 81.7 Å². The van der Waals surface area contributed by atoms with Gasteiger partial charge in [0.1, 0.15) is 12.0 Å². The van der Waals surface area contributed by atoms with Gasteiger partial charge >= 0.3 is 11.9 Å². The number of rotatable bonds is 4. The molecule has 1 aromatic carbocycles. The largest absolute Gasteiger partial charge is 0.468 e. The van der Waals surface area contributed by atoms with Crippen molar-refractivity contribution < 1.29 is 23.9 Å². The number of hydrogen-bond acceptors (Lipinski definition) is 6. The van der Waals surface area contributed by atoms with Crippen molar-refractivity contribution in [2.75, 3.05) is 7.11 Å². The number of ether oxygens (including phenoxy) is 2. The highest BCUT2D eigenvalue weighted by molar-refractivity contribution is 6.30. The van der Waals surface area contributed by atoms with E-state index in [1.165, 1.54) is 7.11 Å². The number of carbonyl (C=O) groups excluding carboxylic acids is 3. The van der Waals surface area contributed by atoms with Crippen LogP contribution in [0.1, 0.15) is 57.4 Å². The highest BCUT2D eigenvalue weighted by atomic mass is 35.5. The molecule has 0 bridgehead atoms. The first-order valence-corrected chi connectivity index (χ1v) is 11.5. The second kappa shape index (κ2) is 9.10. The summed E-state index contributed by atoms with van der Waals surface area (Å²) >= 11 is 6.10. The number of hydrogen-bond donors (Lipinski definition) is 1. The van der Waals surface area contributed by atoms with Crippen LogP contribution in [0.3, 0.4) is 0 Å². The molecule has 32 heavy (non-hydrogen) atoms. The van der Waals surface area contributed by atoms with E-state index >= 15 is 0 Å². The lowest BCUT2D eigenvalue weighted by Gasteiger charge is -2.38. The molecule has 170 valence electrons. The summed E-state index contributed by atoms with van der Waals surface area (Å²) in [5.74, 6) is -3.03. The Morgan fingerprint density at radius 2 is 1.78 bits per heavy atom. The average Bonchev–Trinajstić information content (AvgIpc) is 3.26. The van der Waals surface area contributed by atoms with Gasteiger partial charge in [0, 0.05) is 27.9 Å². The molecule has 1 N–H and O–H groups in total. The molecule has 1 aliphatic heterocycles. The first-order valence-electron chi connectivity index (χ1n) is 11.1. The van der Waals surface area contributed by atoms with Crippen molar-refractivity contribution in [1.82, 2.24) is 5.32 Å². The third-order valence-electron chi connectivity index (χ3n) is 6.74. The van der Waals surface area contributed by atoms with Gasteiger partial charge < -0.3 is 14.8 Å². The van der Waals surface area contributed by atoms with Crippen LogP contribution in [0.25, 0.3) is 0 Å². The Bertz CT molecular complexity index is 1000. The molecule has 7 heteroatoms. The molecule has 1 heterocycles. The Morgan fingerprint density at radius 3 is 2.41 bits per heavy atom. The van der Waals surface area contributed by atoms with E-state index in [1.54, 1.807) is 12.1 Å². The number of nitrogens with one attached hydrogen (secondary N) is 1. The summed E-state index contributed by atoms with van der Waals surface area (Å²) in [4.78, 5) is 39.5. The van der Waals surface area contributed by atoms with Gasteiger partial charge in [-0.05, 0) is 62.6 Å². The fraction of sp³-hybridized carbons (Fsp3) is 0.480. The lowest BCUT2D eigenvalue weighted by molar-refractivity contribution is -0.151. The highest BCUT2D eigenvalue weighted by Gasteiger charge is 2.47. The third-order valence-corrected chi connectivity index (χ3v) is 6.99. The van der Waals surface area contributed by atoms with Gasteiger partial charge in [0.2, 0.25) is 0 Å². The van der Waals surface area contributed by atoms with E-state index in [0.29, 0.717) is 28.3 Å². The number of carbonyl (C=O) groups is 3. The fourth-order valence-electron chi connectivity index (χ4n) is 5.16. The van der Waals surface area contributed by atoms with Gasteiger partial charge in [-0.15, -0.1) is 0 Å². The zero-order chi connectivity index (χ0) is 23.0. The van der Waals surface area contributed by atoms with E-state index in [2.05, 4.69) is 5.32 Å². The van der Waals surface area contributed by atoms with E-state index in [4.69, 9.17) is 21.1 Å². The second-order valence-corrected chi connectivity index (χ2v) is 9.34. The minimum atomic E-state index is -0.902. The molecule has 1 fully saturated rings. The van der Waals surface area contributed by atoms with Crippen LogP contribution in [0.15, 0.2) is 46.8 Å². The number of allylic oxidation sites excluding steroid dienone is 3. The first-order chi connectivity index (χ1) is 15.3. The van der Waals surface area contributed by atoms with E-state index in [-0.39, 0.29) is 17.8 Å². The zero-order valence-corrected chi connectivity index (χ0v) is 19.3. The van der Waals surface area contributed by atoms with Gasteiger partial charge in [-0.2, -0.15) is 0 Å². The highest BCUT2D eigenvalue weighted by Crippen LogP contribution is 2.45. The van der Waals surface area contributed by atoms with Crippen molar-refractivity contribution in [1.29, 1.82) is 0 Å². The number of dihydropyridines is 1. The number of methoxy groups -OCH3 is 1. The summed E-state index contributed by atoms with van der Waals surface area (Å²) in [6.07, 6.45) is 4.20. The standard InChI is InChI=1S/C25H28ClNO5/c1-13-12-18-22(23(28)19(13)24(29)31-3)21(15-8-10-16(26)11-9-15)20(14(2)27-18)25(30)32-17-6-4-5-7-17/h8-11,13,17,19,21,27H,4-7,12H2,1-3H3/t13-,19+,21+/m0/s1. The Hall–Kier alpha value is -2.60. The molecule has 0 spiro atoms. The van der Waals surface area contributed by atoms with Crippen LogP contribution < -0.4 is 5.32 Å². The van der Waals surface area contributed by atoms with Crippen molar-refractivity contribution in [3.8, 4) is 0 Å². The molecular formula is C25H28ClNO5. The van der Waals surface area contributed by atoms with Crippen molar-refractivity contribution in [2.45, 2.75) is 58.0 Å². The molecule has 0 aromatic heterocycles. The summed E-state index contributed by atoms with van der Waals surface area (Å²) < 4.78 is 10.8. The van der Waals surface area contributed by atoms with E-state index in [0.717, 1.165) is 36.9 Å². The van der Waals surface area contributed by atoms with Crippen molar-refractivity contribution in [3.63, 3.8) is 0 Å². The SMILES string of the molecule is COC(=O)[C@H]1C(=O)C2=C(C[C@@H]1C)NC(C)=C(C(=O)OC1CCCC1)[C@H]2c1ccc(Cl)cc1. The number of halogens is 1. The molecule has 0 unspecified atom stereocenters. The van der Waals surface area contributed by atoms with E-state index in [1.807, 2.05) is 26.0 Å². The van der Waals surface area contributed by atoms with Crippen LogP contribution in [0.4, 0.5) is 0 Å². The monoisotopic (exact) mass is 457 g/mol. The van der Waals surface area contributed by atoms with Crippen LogP contribution in [0.5, 0.6) is 0 Å². The van der Waals surface area contributed by atoms with Gasteiger partial charge in [0.25, 0.3) is 0 Å². The number of esters is 2. The van der Waals surface area contributed by atoms with Crippen LogP contribution >= 0.6 is 11.6 Å². The summed E-state index contributed by atoms with van der Waals surface area (Å²) in [7, 11) is 1.29. The molecule has 6 nitrogen and oxygen atoms in total. The van der Waals surface area contributed by atoms with Gasteiger partial charge in [0.15, 0.2) is 5.78 Å². The molecular weight excluding hydrogens is 430 g/mol. The van der Waals surface area contributed by atoms with E-state index < -0.39 is 23.8 Å². The number of benzene rings is 1. The normalized spacial score (nSPS) is 26.0. The Labute approximate surface area is 193 Å². The minimum Gasteiger partial charge on any atom is -0.468 e. The van der Waals surface area contributed by atoms with E-state index in [9.17, 15) is 14.4 Å². The Kier molecular flexibility index (Phi) is 6.42.